The number of nitrogens with one attached hydrogen (secondary N) is 1. The minimum atomic E-state index is -0.0545. The van der Waals surface area contributed by atoms with E-state index in [1.165, 1.54) is 17.5 Å². The van der Waals surface area contributed by atoms with Gasteiger partial charge in [-0.25, -0.2) is 0 Å². The molecule has 3 nitrogen and oxygen atoms in total. The Morgan fingerprint density at radius 3 is 3.00 bits per heavy atom. The largest absolute Gasteiger partial charge is 0.457 e. The van der Waals surface area contributed by atoms with E-state index in [1.807, 2.05) is 6.07 Å². The number of fused-ring (bicyclic) bond motifs is 1. The summed E-state index contributed by atoms with van der Waals surface area (Å²) in [5.41, 5.74) is 2.55. The van der Waals surface area contributed by atoms with Gasteiger partial charge < -0.3 is 10.1 Å². The number of carbonyl (C=O) groups excluding carboxylic acids is 1. The monoisotopic (exact) mass is 259 g/mol. The van der Waals surface area contributed by atoms with Crippen molar-refractivity contribution in [2.24, 2.45) is 0 Å². The molecule has 2 unspecified atom stereocenters. The van der Waals surface area contributed by atoms with Crippen LogP contribution in [0.3, 0.4) is 0 Å². The molecule has 0 spiro atoms. The molecule has 0 aromatic heterocycles. The molecule has 3 rings (SSSR count). The third-order valence-corrected chi connectivity index (χ3v) is 4.16. The summed E-state index contributed by atoms with van der Waals surface area (Å²) in [5, 5.41) is 3.34. The van der Waals surface area contributed by atoms with Crippen LogP contribution in [0.2, 0.25) is 0 Å². The lowest BCUT2D eigenvalue weighted by atomic mass is 9.89. The van der Waals surface area contributed by atoms with Crippen LogP contribution in [0.4, 0.5) is 0 Å². The highest BCUT2D eigenvalue weighted by Gasteiger charge is 2.25. The number of rotatable bonds is 3. The van der Waals surface area contributed by atoms with Crippen molar-refractivity contribution >= 4 is 5.97 Å². The fraction of sp³-hybridized carbons (Fsp3) is 0.562. The molecule has 0 saturated carbocycles. The number of benzene rings is 1. The van der Waals surface area contributed by atoms with Gasteiger partial charge in [0.1, 0.15) is 6.10 Å². The molecule has 1 aliphatic heterocycles. The summed E-state index contributed by atoms with van der Waals surface area (Å²) in [6, 6.07) is 8.66. The molecule has 19 heavy (non-hydrogen) atoms. The van der Waals surface area contributed by atoms with Gasteiger partial charge in [0.25, 0.3) is 0 Å². The minimum Gasteiger partial charge on any atom is -0.457 e. The molecule has 1 aromatic rings. The summed E-state index contributed by atoms with van der Waals surface area (Å²) in [7, 11) is 0. The van der Waals surface area contributed by atoms with Gasteiger partial charge in [-0.1, -0.05) is 24.3 Å². The Balaban J connectivity index is 1.62. The zero-order valence-electron chi connectivity index (χ0n) is 11.2. The Morgan fingerprint density at radius 2 is 2.16 bits per heavy atom. The summed E-state index contributed by atoms with van der Waals surface area (Å²) in [5.74, 6) is -0.0545. The van der Waals surface area contributed by atoms with E-state index in [4.69, 9.17) is 4.74 Å². The Bertz CT molecular complexity index is 452. The highest BCUT2D eigenvalue weighted by atomic mass is 16.5. The summed E-state index contributed by atoms with van der Waals surface area (Å²) in [6.07, 6.45) is 5.92. The molecule has 3 heteroatoms. The summed E-state index contributed by atoms with van der Waals surface area (Å²) in [4.78, 5) is 12.0. The van der Waals surface area contributed by atoms with Crippen LogP contribution in [0, 0.1) is 0 Å². The van der Waals surface area contributed by atoms with Gasteiger partial charge in [0.05, 0.1) is 6.42 Å². The lowest BCUT2D eigenvalue weighted by Crippen LogP contribution is -2.26. The number of hydrogen-bond donors (Lipinski definition) is 1. The van der Waals surface area contributed by atoms with E-state index in [9.17, 15) is 4.79 Å². The molecule has 102 valence electrons. The number of esters is 1. The first-order valence-electron chi connectivity index (χ1n) is 7.33. The van der Waals surface area contributed by atoms with Crippen LogP contribution in [0.1, 0.15) is 49.3 Å². The van der Waals surface area contributed by atoms with Gasteiger partial charge in [0.15, 0.2) is 0 Å². The second-order valence-corrected chi connectivity index (χ2v) is 5.57. The Hall–Kier alpha value is -1.35. The standard InChI is InChI=1S/C16H21NO2/c18-16(11-13-7-4-10-17-13)19-15-9-3-6-12-5-1-2-8-14(12)15/h1-2,5,8,13,15,17H,3-4,6-7,9-11H2. The Kier molecular flexibility index (Phi) is 3.83. The van der Waals surface area contributed by atoms with Crippen LogP contribution in [-0.4, -0.2) is 18.6 Å². The first-order chi connectivity index (χ1) is 9.33. The van der Waals surface area contributed by atoms with Gasteiger partial charge in [-0.3, -0.25) is 4.79 Å². The van der Waals surface area contributed by atoms with Crippen molar-refractivity contribution in [2.45, 2.75) is 50.7 Å². The SMILES string of the molecule is O=C(CC1CCCN1)OC1CCCc2ccccc21. The van der Waals surface area contributed by atoms with Crippen molar-refractivity contribution < 1.29 is 9.53 Å². The van der Waals surface area contributed by atoms with Crippen LogP contribution in [0.5, 0.6) is 0 Å². The maximum Gasteiger partial charge on any atom is 0.307 e. The van der Waals surface area contributed by atoms with Gasteiger partial charge >= 0.3 is 5.97 Å². The summed E-state index contributed by atoms with van der Waals surface area (Å²) >= 11 is 0. The third-order valence-electron chi connectivity index (χ3n) is 4.16. The normalized spacial score (nSPS) is 25.9. The minimum absolute atomic E-state index is 0.0288. The van der Waals surface area contributed by atoms with Crippen molar-refractivity contribution in [1.82, 2.24) is 5.32 Å². The van der Waals surface area contributed by atoms with Crippen molar-refractivity contribution in [3.8, 4) is 0 Å². The van der Waals surface area contributed by atoms with E-state index in [-0.39, 0.29) is 12.1 Å². The average molecular weight is 259 g/mol. The van der Waals surface area contributed by atoms with Crippen LogP contribution >= 0.6 is 0 Å². The predicted octanol–water partition coefficient (Wildman–Crippen LogP) is 2.75. The van der Waals surface area contributed by atoms with Crippen LogP contribution in [0.25, 0.3) is 0 Å². The Labute approximate surface area is 114 Å². The summed E-state index contributed by atoms with van der Waals surface area (Å²) in [6.45, 7) is 1.03. The molecule has 1 aliphatic carbocycles. The fourth-order valence-corrected chi connectivity index (χ4v) is 3.17. The van der Waals surface area contributed by atoms with E-state index in [0.29, 0.717) is 12.5 Å². The van der Waals surface area contributed by atoms with Gasteiger partial charge in [0.2, 0.25) is 0 Å². The lowest BCUT2D eigenvalue weighted by molar-refractivity contribution is -0.150. The van der Waals surface area contributed by atoms with E-state index in [1.54, 1.807) is 0 Å². The Morgan fingerprint density at radius 1 is 1.26 bits per heavy atom. The number of aryl methyl sites for hydroxylation is 1. The predicted molar refractivity (Wildman–Crippen MR) is 73.9 cm³/mol. The molecule has 0 radical (unpaired) electrons. The van der Waals surface area contributed by atoms with Gasteiger partial charge in [0, 0.05) is 6.04 Å². The quantitative estimate of drug-likeness (QED) is 0.848. The number of carbonyl (C=O) groups is 1. The molecule has 1 saturated heterocycles. The second-order valence-electron chi connectivity index (χ2n) is 5.57. The van der Waals surface area contributed by atoms with Crippen LogP contribution in [0.15, 0.2) is 24.3 Å². The van der Waals surface area contributed by atoms with E-state index >= 15 is 0 Å². The molecule has 1 heterocycles. The molecule has 1 fully saturated rings. The van der Waals surface area contributed by atoms with Gasteiger partial charge in [-0.15, -0.1) is 0 Å². The fourth-order valence-electron chi connectivity index (χ4n) is 3.17. The lowest BCUT2D eigenvalue weighted by Gasteiger charge is -2.25. The van der Waals surface area contributed by atoms with E-state index < -0.39 is 0 Å². The summed E-state index contributed by atoms with van der Waals surface area (Å²) < 4.78 is 5.70. The number of ether oxygens (including phenoxy) is 1. The molecule has 1 aromatic carbocycles. The van der Waals surface area contributed by atoms with Crippen LogP contribution in [-0.2, 0) is 16.0 Å². The molecule has 0 amide bonds. The second kappa shape index (κ2) is 5.74. The van der Waals surface area contributed by atoms with Crippen molar-refractivity contribution in [3.63, 3.8) is 0 Å². The maximum atomic E-state index is 12.0. The topological polar surface area (TPSA) is 38.3 Å². The highest BCUT2D eigenvalue weighted by Crippen LogP contribution is 2.32. The van der Waals surface area contributed by atoms with Crippen molar-refractivity contribution in [1.29, 1.82) is 0 Å². The number of hydrogen-bond acceptors (Lipinski definition) is 3. The third kappa shape index (κ3) is 2.98. The van der Waals surface area contributed by atoms with E-state index in [0.717, 1.165) is 32.2 Å². The smallest absolute Gasteiger partial charge is 0.307 e. The molecule has 2 aliphatic rings. The van der Waals surface area contributed by atoms with Crippen molar-refractivity contribution in [2.75, 3.05) is 6.54 Å². The van der Waals surface area contributed by atoms with Gasteiger partial charge in [-0.05, 0) is 49.8 Å². The van der Waals surface area contributed by atoms with E-state index in [2.05, 4.69) is 23.5 Å². The zero-order chi connectivity index (χ0) is 13.1. The highest BCUT2D eigenvalue weighted by molar-refractivity contribution is 5.70. The van der Waals surface area contributed by atoms with Gasteiger partial charge in [-0.2, -0.15) is 0 Å². The molecule has 1 N–H and O–H groups in total. The first kappa shape index (κ1) is 12.7. The van der Waals surface area contributed by atoms with Crippen LogP contribution < -0.4 is 5.32 Å². The molecule has 2 atom stereocenters. The maximum absolute atomic E-state index is 12.0. The zero-order valence-corrected chi connectivity index (χ0v) is 11.2. The van der Waals surface area contributed by atoms with Crippen molar-refractivity contribution in [3.05, 3.63) is 35.4 Å². The molecular weight excluding hydrogens is 238 g/mol. The molecular formula is C16H21NO2. The average Bonchev–Trinajstić information content (AvgIpc) is 2.92. The first-order valence-corrected chi connectivity index (χ1v) is 7.33. The molecule has 0 bridgehead atoms.